The van der Waals surface area contributed by atoms with Crippen molar-refractivity contribution in [3.63, 3.8) is 0 Å². The maximum absolute atomic E-state index is 13.4. The predicted octanol–water partition coefficient (Wildman–Crippen LogP) is 0.887. The van der Waals surface area contributed by atoms with E-state index in [0.717, 1.165) is 12.8 Å². The van der Waals surface area contributed by atoms with Gasteiger partial charge in [0, 0.05) is 24.8 Å². The summed E-state index contributed by atoms with van der Waals surface area (Å²) in [6.07, 6.45) is 2.10. The van der Waals surface area contributed by atoms with Crippen LogP contribution >= 0.6 is 0 Å². The number of nitrogens with two attached hydrogens (primary N) is 1. The van der Waals surface area contributed by atoms with Gasteiger partial charge < -0.3 is 15.8 Å². The number of halogens is 1. The molecule has 0 radical (unpaired) electrons. The van der Waals surface area contributed by atoms with Gasteiger partial charge in [-0.25, -0.2) is 4.39 Å². The van der Waals surface area contributed by atoms with Crippen molar-refractivity contribution in [2.75, 3.05) is 25.5 Å². The van der Waals surface area contributed by atoms with E-state index in [9.17, 15) is 9.18 Å². The van der Waals surface area contributed by atoms with Crippen LogP contribution in [0.15, 0.2) is 18.2 Å². The summed E-state index contributed by atoms with van der Waals surface area (Å²) >= 11 is 0. The van der Waals surface area contributed by atoms with Gasteiger partial charge in [0.05, 0.1) is 13.2 Å². The normalized spacial score (nSPS) is 23.0. The molecule has 1 saturated heterocycles. The molecule has 114 valence electrons. The standard InChI is InChI=1S/C15H20FN3O2/c16-11-1-4-13(17)10(7-11)8-19-5-6-21-9-14(19)15(20)18-12-2-3-12/h1,4,7,12,14H,2-3,5-6,8-9,17H2,(H,18,20). The van der Waals surface area contributed by atoms with E-state index >= 15 is 0 Å². The van der Waals surface area contributed by atoms with Crippen molar-refractivity contribution in [2.24, 2.45) is 0 Å². The number of nitrogens with one attached hydrogen (secondary N) is 1. The first-order valence-corrected chi connectivity index (χ1v) is 7.29. The van der Waals surface area contributed by atoms with Crippen molar-refractivity contribution in [2.45, 2.75) is 31.5 Å². The molecule has 0 spiro atoms. The maximum Gasteiger partial charge on any atom is 0.239 e. The van der Waals surface area contributed by atoms with Crippen LogP contribution in [0, 0.1) is 5.82 Å². The number of ether oxygens (including phenoxy) is 1. The molecule has 0 bridgehead atoms. The van der Waals surface area contributed by atoms with E-state index in [1.807, 2.05) is 4.90 Å². The highest BCUT2D eigenvalue weighted by Crippen LogP contribution is 2.21. The van der Waals surface area contributed by atoms with Gasteiger partial charge >= 0.3 is 0 Å². The number of nitrogen functional groups attached to an aromatic ring is 1. The van der Waals surface area contributed by atoms with Crippen molar-refractivity contribution in [3.8, 4) is 0 Å². The second kappa shape index (κ2) is 5.99. The van der Waals surface area contributed by atoms with E-state index in [1.54, 1.807) is 6.07 Å². The van der Waals surface area contributed by atoms with E-state index in [-0.39, 0.29) is 17.8 Å². The molecule has 1 amide bonds. The lowest BCUT2D eigenvalue weighted by Gasteiger charge is -2.34. The van der Waals surface area contributed by atoms with Gasteiger partial charge in [0.1, 0.15) is 11.9 Å². The molecular formula is C15H20FN3O2. The van der Waals surface area contributed by atoms with Gasteiger partial charge in [-0.3, -0.25) is 9.69 Å². The first-order chi connectivity index (χ1) is 10.1. The van der Waals surface area contributed by atoms with Gasteiger partial charge in [-0.2, -0.15) is 0 Å². The lowest BCUT2D eigenvalue weighted by Crippen LogP contribution is -2.53. The maximum atomic E-state index is 13.4. The fraction of sp³-hybridized carbons (Fsp3) is 0.533. The molecule has 2 aliphatic rings. The highest BCUT2D eigenvalue weighted by atomic mass is 19.1. The third-order valence-electron chi connectivity index (χ3n) is 3.94. The predicted molar refractivity (Wildman–Crippen MR) is 77.0 cm³/mol. The Bertz CT molecular complexity index is 534. The Morgan fingerprint density at radius 2 is 2.29 bits per heavy atom. The first kappa shape index (κ1) is 14.3. The van der Waals surface area contributed by atoms with E-state index in [2.05, 4.69) is 5.32 Å². The smallest absolute Gasteiger partial charge is 0.239 e. The minimum atomic E-state index is -0.331. The zero-order valence-electron chi connectivity index (χ0n) is 11.8. The van der Waals surface area contributed by atoms with E-state index in [1.165, 1.54) is 12.1 Å². The average molecular weight is 293 g/mol. The molecule has 3 rings (SSSR count). The third kappa shape index (κ3) is 3.51. The molecule has 1 aromatic carbocycles. The molecule has 6 heteroatoms. The lowest BCUT2D eigenvalue weighted by molar-refractivity contribution is -0.133. The number of hydrogen-bond acceptors (Lipinski definition) is 4. The van der Waals surface area contributed by atoms with Crippen molar-refractivity contribution < 1.29 is 13.9 Å². The molecule has 2 fully saturated rings. The number of hydrogen-bond donors (Lipinski definition) is 2. The average Bonchev–Trinajstić information content (AvgIpc) is 3.27. The van der Waals surface area contributed by atoms with Crippen LogP contribution in [0.25, 0.3) is 0 Å². The van der Waals surface area contributed by atoms with E-state index in [4.69, 9.17) is 10.5 Å². The molecule has 0 aromatic heterocycles. The molecule has 21 heavy (non-hydrogen) atoms. The van der Waals surface area contributed by atoms with Crippen LogP contribution in [0.4, 0.5) is 10.1 Å². The van der Waals surface area contributed by atoms with Crippen LogP contribution in [0.5, 0.6) is 0 Å². The minimum Gasteiger partial charge on any atom is -0.398 e. The van der Waals surface area contributed by atoms with Gasteiger partial charge in [0.25, 0.3) is 0 Å². The molecule has 1 aliphatic carbocycles. The summed E-state index contributed by atoms with van der Waals surface area (Å²) < 4.78 is 18.8. The Morgan fingerprint density at radius 1 is 1.48 bits per heavy atom. The number of carbonyl (C=O) groups is 1. The zero-order chi connectivity index (χ0) is 14.8. The highest BCUT2D eigenvalue weighted by molar-refractivity contribution is 5.82. The Balaban J connectivity index is 1.71. The van der Waals surface area contributed by atoms with Crippen LogP contribution < -0.4 is 11.1 Å². The fourth-order valence-electron chi connectivity index (χ4n) is 2.52. The van der Waals surface area contributed by atoms with Crippen molar-refractivity contribution in [3.05, 3.63) is 29.6 Å². The molecule has 3 N–H and O–H groups in total. The van der Waals surface area contributed by atoms with Crippen LogP contribution in [0.3, 0.4) is 0 Å². The van der Waals surface area contributed by atoms with Crippen LogP contribution in [0.1, 0.15) is 18.4 Å². The zero-order valence-corrected chi connectivity index (χ0v) is 11.8. The summed E-state index contributed by atoms with van der Waals surface area (Å²) in [6.45, 7) is 2.03. The second-order valence-electron chi connectivity index (χ2n) is 5.69. The summed E-state index contributed by atoms with van der Waals surface area (Å²) in [7, 11) is 0. The quantitative estimate of drug-likeness (QED) is 0.809. The molecular weight excluding hydrogens is 273 g/mol. The van der Waals surface area contributed by atoms with Crippen molar-refractivity contribution in [1.82, 2.24) is 10.2 Å². The van der Waals surface area contributed by atoms with Gasteiger partial charge in [0.15, 0.2) is 0 Å². The monoisotopic (exact) mass is 293 g/mol. The Hall–Kier alpha value is -1.66. The number of amides is 1. The first-order valence-electron chi connectivity index (χ1n) is 7.29. The Morgan fingerprint density at radius 3 is 3.05 bits per heavy atom. The lowest BCUT2D eigenvalue weighted by atomic mass is 10.1. The van der Waals surface area contributed by atoms with E-state index in [0.29, 0.717) is 43.6 Å². The largest absolute Gasteiger partial charge is 0.398 e. The molecule has 1 unspecified atom stereocenters. The van der Waals surface area contributed by atoms with Gasteiger partial charge in [-0.1, -0.05) is 0 Å². The summed E-state index contributed by atoms with van der Waals surface area (Å²) in [5, 5.41) is 3.00. The topological polar surface area (TPSA) is 67.6 Å². The van der Waals surface area contributed by atoms with Crippen molar-refractivity contribution >= 4 is 11.6 Å². The summed E-state index contributed by atoms with van der Waals surface area (Å²) in [6, 6.07) is 4.32. The number of benzene rings is 1. The van der Waals surface area contributed by atoms with Gasteiger partial charge in [0.2, 0.25) is 5.91 Å². The number of anilines is 1. The molecule has 1 aromatic rings. The summed E-state index contributed by atoms with van der Waals surface area (Å²) in [4.78, 5) is 14.3. The molecule has 5 nitrogen and oxygen atoms in total. The number of morpholine rings is 1. The van der Waals surface area contributed by atoms with Gasteiger partial charge in [-0.15, -0.1) is 0 Å². The third-order valence-corrected chi connectivity index (χ3v) is 3.94. The van der Waals surface area contributed by atoms with Crippen molar-refractivity contribution in [1.29, 1.82) is 0 Å². The van der Waals surface area contributed by atoms with Crippen LogP contribution in [-0.4, -0.2) is 42.6 Å². The van der Waals surface area contributed by atoms with E-state index < -0.39 is 0 Å². The fourth-order valence-corrected chi connectivity index (χ4v) is 2.52. The van der Waals surface area contributed by atoms with Crippen LogP contribution in [-0.2, 0) is 16.1 Å². The number of nitrogens with zero attached hydrogens (tertiary/aromatic N) is 1. The minimum absolute atomic E-state index is 0.00725. The van der Waals surface area contributed by atoms with Crippen LogP contribution in [0.2, 0.25) is 0 Å². The highest BCUT2D eigenvalue weighted by Gasteiger charge is 2.33. The SMILES string of the molecule is Nc1ccc(F)cc1CN1CCOCC1C(=O)NC1CC1. The molecule has 1 heterocycles. The Labute approximate surface area is 123 Å². The molecule has 1 saturated carbocycles. The van der Waals surface area contributed by atoms with Gasteiger partial charge in [-0.05, 0) is 36.6 Å². The number of rotatable bonds is 4. The Kier molecular flexibility index (Phi) is 4.07. The summed E-state index contributed by atoms with van der Waals surface area (Å²) in [5.74, 6) is -0.321. The summed E-state index contributed by atoms with van der Waals surface area (Å²) in [5.41, 5.74) is 7.15. The molecule has 1 atom stereocenters. The second-order valence-corrected chi connectivity index (χ2v) is 5.69. The number of carbonyl (C=O) groups excluding carboxylic acids is 1. The molecule has 1 aliphatic heterocycles.